The van der Waals surface area contributed by atoms with Crippen LogP contribution >= 0.6 is 11.3 Å². The van der Waals surface area contributed by atoms with Gasteiger partial charge < -0.3 is 15.2 Å². The molecule has 3 aromatic carbocycles. The van der Waals surface area contributed by atoms with Crippen molar-refractivity contribution in [3.8, 4) is 5.75 Å². The number of methoxy groups -OCH3 is 1. The maximum absolute atomic E-state index is 13.0. The molecule has 1 amide bonds. The maximum atomic E-state index is 13.0. The van der Waals surface area contributed by atoms with Crippen LogP contribution in [0.5, 0.6) is 5.75 Å². The Morgan fingerprint density at radius 1 is 1.08 bits per heavy atom. The predicted molar refractivity (Wildman–Crippen MR) is 144 cm³/mol. The number of carbonyl (C=O) groups is 1. The van der Waals surface area contributed by atoms with Gasteiger partial charge in [0.1, 0.15) is 5.75 Å². The number of nitrogens with one attached hydrogen (secondary N) is 1. The third-order valence-corrected chi connectivity index (χ3v) is 8.83. The van der Waals surface area contributed by atoms with Crippen LogP contribution in [-0.4, -0.2) is 42.2 Å². The third-order valence-electron chi connectivity index (χ3n) is 8.15. The quantitative estimate of drug-likeness (QED) is 0.374. The van der Waals surface area contributed by atoms with Gasteiger partial charge in [-0.2, -0.15) is 11.3 Å². The minimum Gasteiger partial charge on any atom is -0.508 e. The highest BCUT2D eigenvalue weighted by Gasteiger charge is 2.54. The van der Waals surface area contributed by atoms with Crippen LogP contribution in [0.1, 0.15) is 45.9 Å². The van der Waals surface area contributed by atoms with E-state index in [1.807, 2.05) is 41.1 Å². The highest BCUT2D eigenvalue weighted by atomic mass is 32.1. The first kappa shape index (κ1) is 23.2. The number of aromatic hydroxyl groups is 1. The van der Waals surface area contributed by atoms with E-state index in [-0.39, 0.29) is 23.5 Å². The summed E-state index contributed by atoms with van der Waals surface area (Å²) in [5.74, 6) is 0.296. The van der Waals surface area contributed by atoms with Crippen molar-refractivity contribution >= 4 is 28.0 Å². The Balaban J connectivity index is 1.26. The van der Waals surface area contributed by atoms with Crippen LogP contribution in [0.3, 0.4) is 0 Å². The second-order valence-corrected chi connectivity index (χ2v) is 10.7. The monoisotopic (exact) mass is 498 g/mol. The van der Waals surface area contributed by atoms with E-state index in [1.165, 1.54) is 16.9 Å². The standard InChI is InChI=1S/C30H30N2O3S/c1-35-28-27(31-29(34)21-12-17-36-19-21)23-8-4-5-9-25(23)30(28)13-15-32(16-14-30)18-24-22-7-3-2-6-20(22)10-11-26(24)33/h2-12,17,19,27-28,33H,13-16,18H2,1H3,(H,31,34)/t27-,28+/m0/s1. The van der Waals surface area contributed by atoms with Crippen molar-refractivity contribution in [1.29, 1.82) is 0 Å². The Bertz CT molecular complexity index is 1390. The molecule has 1 aliphatic carbocycles. The summed E-state index contributed by atoms with van der Waals surface area (Å²) in [6.07, 6.45) is 1.73. The third kappa shape index (κ3) is 3.81. The number of hydrogen-bond donors (Lipinski definition) is 2. The van der Waals surface area contributed by atoms with E-state index in [0.29, 0.717) is 17.9 Å². The zero-order valence-electron chi connectivity index (χ0n) is 20.3. The fourth-order valence-electron chi connectivity index (χ4n) is 6.37. The number of piperidine rings is 1. The van der Waals surface area contributed by atoms with Gasteiger partial charge in [0.15, 0.2) is 0 Å². The van der Waals surface area contributed by atoms with Crippen LogP contribution in [-0.2, 0) is 16.7 Å². The molecule has 1 spiro atoms. The molecule has 0 unspecified atom stereocenters. The molecule has 2 atom stereocenters. The van der Waals surface area contributed by atoms with Gasteiger partial charge in [-0.15, -0.1) is 0 Å². The lowest BCUT2D eigenvalue weighted by Gasteiger charge is -2.44. The number of ether oxygens (including phenoxy) is 1. The van der Waals surface area contributed by atoms with Gasteiger partial charge in [-0.1, -0.05) is 54.6 Å². The largest absolute Gasteiger partial charge is 0.508 e. The van der Waals surface area contributed by atoms with Gasteiger partial charge in [-0.05, 0) is 65.3 Å². The van der Waals surface area contributed by atoms with Crippen LogP contribution in [0.2, 0.25) is 0 Å². The van der Waals surface area contributed by atoms with E-state index in [9.17, 15) is 9.90 Å². The van der Waals surface area contributed by atoms with E-state index in [4.69, 9.17) is 4.74 Å². The summed E-state index contributed by atoms with van der Waals surface area (Å²) >= 11 is 1.53. The average Bonchev–Trinajstić information content (AvgIpc) is 3.53. The first-order chi connectivity index (χ1) is 17.6. The van der Waals surface area contributed by atoms with E-state index in [0.717, 1.165) is 47.8 Å². The second kappa shape index (κ2) is 9.36. The van der Waals surface area contributed by atoms with Crippen molar-refractivity contribution in [2.24, 2.45) is 0 Å². The van der Waals surface area contributed by atoms with Crippen molar-refractivity contribution in [3.63, 3.8) is 0 Å². The Kier molecular flexibility index (Phi) is 6.04. The van der Waals surface area contributed by atoms with Crippen LogP contribution in [0, 0.1) is 0 Å². The number of amides is 1. The smallest absolute Gasteiger partial charge is 0.252 e. The van der Waals surface area contributed by atoms with Crippen molar-refractivity contribution in [2.45, 2.75) is 36.9 Å². The van der Waals surface area contributed by atoms with Gasteiger partial charge in [-0.3, -0.25) is 9.69 Å². The number of benzene rings is 3. The van der Waals surface area contributed by atoms with Gasteiger partial charge in [0.2, 0.25) is 0 Å². The lowest BCUT2D eigenvalue weighted by molar-refractivity contribution is -0.0122. The SMILES string of the molecule is CO[C@@H]1[C@@H](NC(=O)c2ccsc2)c2ccccc2C12CCN(Cc1c(O)ccc3ccccc13)CC2. The first-order valence-electron chi connectivity index (χ1n) is 12.5. The molecule has 1 saturated heterocycles. The normalized spacial score (nSPS) is 21.0. The number of phenolic OH excluding ortho intramolecular Hbond substituents is 1. The summed E-state index contributed by atoms with van der Waals surface area (Å²) in [5, 5.41) is 20.0. The Hall–Kier alpha value is -3.19. The molecule has 36 heavy (non-hydrogen) atoms. The average molecular weight is 499 g/mol. The molecule has 0 bridgehead atoms. The number of phenols is 1. The Labute approximate surface area is 215 Å². The molecule has 2 N–H and O–H groups in total. The topological polar surface area (TPSA) is 61.8 Å². The lowest BCUT2D eigenvalue weighted by Crippen LogP contribution is -2.50. The maximum Gasteiger partial charge on any atom is 0.252 e. The zero-order chi connectivity index (χ0) is 24.7. The molecule has 5 nitrogen and oxygen atoms in total. The van der Waals surface area contributed by atoms with Crippen LogP contribution in [0.25, 0.3) is 10.8 Å². The molecule has 184 valence electrons. The van der Waals surface area contributed by atoms with E-state index in [2.05, 4.69) is 40.5 Å². The van der Waals surface area contributed by atoms with Crippen molar-refractivity contribution in [1.82, 2.24) is 10.2 Å². The number of hydrogen-bond acceptors (Lipinski definition) is 5. The summed E-state index contributed by atoms with van der Waals surface area (Å²) in [4.78, 5) is 15.4. The number of fused-ring (bicyclic) bond motifs is 3. The molecule has 0 saturated carbocycles. The molecule has 2 aliphatic rings. The number of nitrogens with zero attached hydrogens (tertiary/aromatic N) is 1. The molecule has 2 heterocycles. The minimum atomic E-state index is -0.188. The lowest BCUT2D eigenvalue weighted by atomic mass is 9.71. The fraction of sp³-hybridized carbons (Fsp3) is 0.300. The Morgan fingerprint density at radius 2 is 1.86 bits per heavy atom. The minimum absolute atomic E-state index is 0.0565. The molecule has 6 rings (SSSR count). The summed E-state index contributed by atoms with van der Waals surface area (Å²) in [6, 6.07) is 22.2. The van der Waals surface area contributed by atoms with E-state index < -0.39 is 0 Å². The molecule has 1 aromatic heterocycles. The molecule has 4 aromatic rings. The number of likely N-dealkylation sites (tertiary alicyclic amines) is 1. The summed E-state index contributed by atoms with van der Waals surface area (Å²) in [6.45, 7) is 2.49. The molecule has 6 heteroatoms. The Morgan fingerprint density at radius 3 is 2.64 bits per heavy atom. The van der Waals surface area contributed by atoms with Crippen molar-refractivity contribution < 1.29 is 14.6 Å². The highest BCUT2D eigenvalue weighted by molar-refractivity contribution is 7.08. The number of thiophene rings is 1. The summed E-state index contributed by atoms with van der Waals surface area (Å²) in [5.41, 5.74) is 3.97. The number of rotatable bonds is 5. The second-order valence-electron chi connectivity index (χ2n) is 9.92. The van der Waals surface area contributed by atoms with Gasteiger partial charge in [0.05, 0.1) is 17.7 Å². The number of carbonyl (C=O) groups excluding carboxylic acids is 1. The molecule has 0 radical (unpaired) electrons. The van der Waals surface area contributed by atoms with Gasteiger partial charge in [-0.25, -0.2) is 0 Å². The van der Waals surface area contributed by atoms with E-state index >= 15 is 0 Å². The summed E-state index contributed by atoms with van der Waals surface area (Å²) < 4.78 is 6.18. The van der Waals surface area contributed by atoms with E-state index in [1.54, 1.807) is 13.2 Å². The van der Waals surface area contributed by atoms with Gasteiger partial charge >= 0.3 is 0 Å². The fourth-order valence-corrected chi connectivity index (χ4v) is 7.00. The van der Waals surface area contributed by atoms with Crippen LogP contribution in [0.15, 0.2) is 77.5 Å². The van der Waals surface area contributed by atoms with Crippen molar-refractivity contribution in [2.75, 3.05) is 20.2 Å². The van der Waals surface area contributed by atoms with Gasteiger partial charge in [0, 0.05) is 30.0 Å². The molecule has 1 aliphatic heterocycles. The predicted octanol–water partition coefficient (Wildman–Crippen LogP) is 5.64. The zero-order valence-corrected chi connectivity index (χ0v) is 21.1. The molecule has 1 fully saturated rings. The van der Waals surface area contributed by atoms with Crippen molar-refractivity contribution in [3.05, 3.63) is 99.7 Å². The first-order valence-corrected chi connectivity index (χ1v) is 13.4. The molecular weight excluding hydrogens is 468 g/mol. The summed E-state index contributed by atoms with van der Waals surface area (Å²) in [7, 11) is 1.77. The van der Waals surface area contributed by atoms with Crippen LogP contribution < -0.4 is 5.32 Å². The van der Waals surface area contributed by atoms with Crippen LogP contribution in [0.4, 0.5) is 0 Å². The van der Waals surface area contributed by atoms with Gasteiger partial charge in [0.25, 0.3) is 5.91 Å². The highest BCUT2D eigenvalue weighted by Crippen LogP contribution is 2.52. The molecular formula is C30H30N2O3S.